The summed E-state index contributed by atoms with van der Waals surface area (Å²) in [6.45, 7) is 1.67. The van der Waals surface area contributed by atoms with Gasteiger partial charge in [0.2, 0.25) is 0 Å². The second kappa shape index (κ2) is 5.04. The van der Waals surface area contributed by atoms with Crippen LogP contribution in [-0.2, 0) is 12.3 Å². The van der Waals surface area contributed by atoms with E-state index in [2.05, 4.69) is 4.98 Å². The van der Waals surface area contributed by atoms with Gasteiger partial charge in [-0.3, -0.25) is 4.98 Å². The van der Waals surface area contributed by atoms with Crippen molar-refractivity contribution in [1.82, 2.24) is 4.98 Å². The molecule has 1 rings (SSSR count). The third-order valence-electron chi connectivity index (χ3n) is 2.04. The van der Waals surface area contributed by atoms with Gasteiger partial charge in [0.1, 0.15) is 0 Å². The molecule has 0 saturated heterocycles. The van der Waals surface area contributed by atoms with E-state index in [9.17, 15) is 8.78 Å². The second-order valence-electron chi connectivity index (χ2n) is 3.06. The SMILES string of the molecule is Cc1cc(C(F)F)c(CC#N)nc1CCl. The maximum absolute atomic E-state index is 12.6. The minimum absolute atomic E-state index is 0.119. The Morgan fingerprint density at radius 1 is 1.53 bits per heavy atom. The molecule has 0 fully saturated rings. The second-order valence-corrected chi connectivity index (χ2v) is 3.32. The lowest BCUT2D eigenvalue weighted by atomic mass is 10.1. The Hall–Kier alpha value is -1.21. The average Bonchev–Trinajstić information content (AvgIpc) is 2.20. The number of rotatable bonds is 3. The number of pyridine rings is 1. The first kappa shape index (κ1) is 11.9. The molecule has 0 spiro atoms. The van der Waals surface area contributed by atoms with Gasteiger partial charge in [-0.1, -0.05) is 0 Å². The van der Waals surface area contributed by atoms with Gasteiger partial charge < -0.3 is 0 Å². The van der Waals surface area contributed by atoms with E-state index in [-0.39, 0.29) is 23.6 Å². The fourth-order valence-corrected chi connectivity index (χ4v) is 1.53. The standard InChI is InChI=1S/C10H9ClF2N2/c1-6-4-7(10(12)13)8(2-3-14)15-9(6)5-11/h4,10H,2,5H2,1H3. The zero-order valence-corrected chi connectivity index (χ0v) is 8.85. The summed E-state index contributed by atoms with van der Waals surface area (Å²) < 4.78 is 25.2. The minimum Gasteiger partial charge on any atom is -0.255 e. The highest BCUT2D eigenvalue weighted by molar-refractivity contribution is 6.17. The molecule has 0 aromatic carbocycles. The van der Waals surface area contributed by atoms with Crippen LogP contribution in [0.5, 0.6) is 0 Å². The van der Waals surface area contributed by atoms with Gasteiger partial charge in [0, 0.05) is 5.56 Å². The van der Waals surface area contributed by atoms with E-state index < -0.39 is 6.43 Å². The summed E-state index contributed by atoms with van der Waals surface area (Å²) in [5, 5.41) is 8.49. The van der Waals surface area contributed by atoms with Crippen molar-refractivity contribution in [2.24, 2.45) is 0 Å². The van der Waals surface area contributed by atoms with Crippen LogP contribution >= 0.6 is 11.6 Å². The van der Waals surface area contributed by atoms with Crippen molar-refractivity contribution in [2.45, 2.75) is 25.7 Å². The summed E-state index contributed by atoms with van der Waals surface area (Å²) in [5.74, 6) is 0.160. The van der Waals surface area contributed by atoms with Gasteiger partial charge in [-0.15, -0.1) is 11.6 Å². The summed E-state index contributed by atoms with van der Waals surface area (Å²) in [6, 6.07) is 3.16. The fourth-order valence-electron chi connectivity index (χ4n) is 1.26. The van der Waals surface area contributed by atoms with E-state index in [1.807, 2.05) is 6.07 Å². The van der Waals surface area contributed by atoms with Crippen LogP contribution in [0.15, 0.2) is 6.07 Å². The zero-order valence-electron chi connectivity index (χ0n) is 8.10. The zero-order chi connectivity index (χ0) is 11.4. The van der Waals surface area contributed by atoms with Crippen LogP contribution in [0, 0.1) is 18.3 Å². The molecular formula is C10H9ClF2N2. The van der Waals surface area contributed by atoms with Crippen molar-refractivity contribution < 1.29 is 8.78 Å². The molecule has 0 aliphatic rings. The van der Waals surface area contributed by atoms with Gasteiger partial charge in [0.25, 0.3) is 6.43 Å². The predicted octanol–water partition coefficient (Wildman–Crippen LogP) is 3.13. The van der Waals surface area contributed by atoms with Gasteiger partial charge in [0.05, 0.1) is 29.8 Å². The van der Waals surface area contributed by atoms with Crippen LogP contribution in [0.25, 0.3) is 0 Å². The van der Waals surface area contributed by atoms with E-state index in [0.29, 0.717) is 11.3 Å². The summed E-state index contributed by atoms with van der Waals surface area (Å²) in [4.78, 5) is 3.97. The summed E-state index contributed by atoms with van der Waals surface area (Å²) in [7, 11) is 0. The fraction of sp³-hybridized carbons (Fsp3) is 0.400. The molecule has 15 heavy (non-hydrogen) atoms. The minimum atomic E-state index is -2.61. The first-order valence-corrected chi connectivity index (χ1v) is 4.84. The van der Waals surface area contributed by atoms with Crippen molar-refractivity contribution in [3.8, 4) is 6.07 Å². The smallest absolute Gasteiger partial charge is 0.255 e. The molecule has 0 N–H and O–H groups in total. The molecule has 2 nitrogen and oxygen atoms in total. The van der Waals surface area contributed by atoms with Gasteiger partial charge in [-0.2, -0.15) is 5.26 Å². The summed E-state index contributed by atoms with van der Waals surface area (Å²) in [6.07, 6.45) is -2.73. The number of aromatic nitrogens is 1. The number of alkyl halides is 3. The largest absolute Gasteiger partial charge is 0.265 e. The van der Waals surface area contributed by atoms with E-state index in [4.69, 9.17) is 16.9 Å². The lowest BCUT2D eigenvalue weighted by Crippen LogP contribution is -2.03. The van der Waals surface area contributed by atoms with Crippen molar-refractivity contribution >= 4 is 11.6 Å². The van der Waals surface area contributed by atoms with Gasteiger partial charge in [-0.05, 0) is 18.6 Å². The number of nitrogens with zero attached hydrogens (tertiary/aromatic N) is 2. The molecule has 0 aliphatic heterocycles. The number of halogens is 3. The van der Waals surface area contributed by atoms with Crippen LogP contribution in [0.2, 0.25) is 0 Å². The van der Waals surface area contributed by atoms with Crippen LogP contribution in [0.4, 0.5) is 8.78 Å². The third kappa shape index (κ3) is 2.63. The number of hydrogen-bond acceptors (Lipinski definition) is 2. The highest BCUT2D eigenvalue weighted by Crippen LogP contribution is 2.24. The molecule has 80 valence electrons. The van der Waals surface area contributed by atoms with Gasteiger partial charge in [0.15, 0.2) is 0 Å². The molecule has 0 atom stereocenters. The third-order valence-corrected chi connectivity index (χ3v) is 2.29. The Morgan fingerprint density at radius 2 is 2.20 bits per heavy atom. The summed E-state index contributed by atoms with van der Waals surface area (Å²) >= 11 is 5.60. The van der Waals surface area contributed by atoms with E-state index in [0.717, 1.165) is 0 Å². The molecule has 0 amide bonds. The Balaban J connectivity index is 3.26. The van der Waals surface area contributed by atoms with E-state index >= 15 is 0 Å². The Kier molecular flexibility index (Phi) is 3.98. The quantitative estimate of drug-likeness (QED) is 0.748. The Morgan fingerprint density at radius 3 is 2.67 bits per heavy atom. The maximum Gasteiger partial charge on any atom is 0.265 e. The van der Waals surface area contributed by atoms with Crippen LogP contribution in [0.1, 0.15) is 28.9 Å². The van der Waals surface area contributed by atoms with E-state index in [1.54, 1.807) is 6.92 Å². The highest BCUT2D eigenvalue weighted by atomic mass is 35.5. The molecule has 0 saturated carbocycles. The molecule has 5 heteroatoms. The van der Waals surface area contributed by atoms with Crippen molar-refractivity contribution in [1.29, 1.82) is 5.26 Å². The van der Waals surface area contributed by atoms with Gasteiger partial charge in [-0.25, -0.2) is 8.78 Å². The normalized spacial score (nSPS) is 10.4. The number of hydrogen-bond donors (Lipinski definition) is 0. The van der Waals surface area contributed by atoms with Crippen molar-refractivity contribution in [3.05, 3.63) is 28.6 Å². The average molecular weight is 231 g/mol. The number of aryl methyl sites for hydroxylation is 1. The molecular weight excluding hydrogens is 222 g/mol. The monoisotopic (exact) mass is 230 g/mol. The predicted molar refractivity (Wildman–Crippen MR) is 52.8 cm³/mol. The number of nitriles is 1. The van der Waals surface area contributed by atoms with Crippen LogP contribution in [-0.4, -0.2) is 4.98 Å². The molecule has 0 unspecified atom stereocenters. The molecule has 0 bridgehead atoms. The lowest BCUT2D eigenvalue weighted by molar-refractivity contribution is 0.149. The maximum atomic E-state index is 12.6. The molecule has 0 radical (unpaired) electrons. The van der Waals surface area contributed by atoms with Crippen molar-refractivity contribution in [2.75, 3.05) is 0 Å². The summed E-state index contributed by atoms with van der Waals surface area (Å²) in [5.41, 5.74) is 1.12. The molecule has 1 heterocycles. The molecule has 1 aromatic rings. The highest BCUT2D eigenvalue weighted by Gasteiger charge is 2.16. The van der Waals surface area contributed by atoms with Gasteiger partial charge >= 0.3 is 0 Å². The van der Waals surface area contributed by atoms with Crippen LogP contribution < -0.4 is 0 Å². The topological polar surface area (TPSA) is 36.7 Å². The first-order valence-electron chi connectivity index (χ1n) is 4.30. The molecule has 1 aromatic heterocycles. The molecule has 0 aliphatic carbocycles. The van der Waals surface area contributed by atoms with Crippen molar-refractivity contribution in [3.63, 3.8) is 0 Å². The lowest BCUT2D eigenvalue weighted by Gasteiger charge is -2.09. The Bertz CT molecular complexity index is 399. The van der Waals surface area contributed by atoms with Crippen LogP contribution in [0.3, 0.4) is 0 Å². The Labute approximate surface area is 91.5 Å². The van der Waals surface area contributed by atoms with E-state index in [1.165, 1.54) is 6.07 Å². The first-order chi connectivity index (χ1) is 7.10.